The highest BCUT2D eigenvalue weighted by Gasteiger charge is 2.01. The van der Waals surface area contributed by atoms with Crippen LogP contribution >= 0.6 is 22.9 Å². The van der Waals surface area contributed by atoms with Gasteiger partial charge in [0.2, 0.25) is 0 Å². The first-order valence-electron chi connectivity index (χ1n) is 5.63. The fourth-order valence-electron chi connectivity index (χ4n) is 1.73. The third-order valence-electron chi connectivity index (χ3n) is 2.72. The van der Waals surface area contributed by atoms with Gasteiger partial charge in [0.1, 0.15) is 0 Å². The van der Waals surface area contributed by atoms with Crippen LogP contribution in [-0.2, 0) is 13.1 Å². The Morgan fingerprint density at radius 3 is 2.72 bits per heavy atom. The fraction of sp³-hybridized carbons (Fsp3) is 0.214. The molecule has 0 atom stereocenters. The minimum Gasteiger partial charge on any atom is -0.308 e. The van der Waals surface area contributed by atoms with E-state index < -0.39 is 0 Å². The molecule has 0 saturated heterocycles. The maximum Gasteiger partial charge on any atom is 0.0991 e. The van der Waals surface area contributed by atoms with Gasteiger partial charge in [-0.2, -0.15) is 5.26 Å². The molecule has 0 saturated carbocycles. The average Bonchev–Trinajstić information content (AvgIpc) is 2.77. The molecule has 2 aromatic rings. The summed E-state index contributed by atoms with van der Waals surface area (Å²) in [6.07, 6.45) is 0. The molecule has 0 bridgehead atoms. The summed E-state index contributed by atoms with van der Waals surface area (Å²) >= 11 is 7.47. The monoisotopic (exact) mass is 276 g/mol. The largest absolute Gasteiger partial charge is 0.308 e. The summed E-state index contributed by atoms with van der Waals surface area (Å²) in [5.74, 6) is 0. The number of hydrogen-bond acceptors (Lipinski definition) is 3. The number of halogens is 1. The second kappa shape index (κ2) is 6.01. The standard InChI is InChI=1S/C14H13ClN2S/c1-10-6-11(7-16)2-3-12(10)8-17-9-13-4-5-14(15)18-13/h2-6,17H,8-9H2,1H3. The van der Waals surface area contributed by atoms with Crippen molar-refractivity contribution >= 4 is 22.9 Å². The van der Waals surface area contributed by atoms with Gasteiger partial charge in [-0.05, 0) is 42.3 Å². The molecule has 0 unspecified atom stereocenters. The van der Waals surface area contributed by atoms with Gasteiger partial charge < -0.3 is 5.32 Å². The average molecular weight is 277 g/mol. The molecule has 2 nitrogen and oxygen atoms in total. The van der Waals surface area contributed by atoms with E-state index in [1.54, 1.807) is 11.3 Å². The Hall–Kier alpha value is -1.34. The molecule has 1 aromatic heterocycles. The number of rotatable bonds is 4. The van der Waals surface area contributed by atoms with Crippen LogP contribution in [-0.4, -0.2) is 0 Å². The normalized spacial score (nSPS) is 10.3. The summed E-state index contributed by atoms with van der Waals surface area (Å²) in [6.45, 7) is 3.64. The van der Waals surface area contributed by atoms with Crippen LogP contribution in [0, 0.1) is 18.3 Å². The third-order valence-corrected chi connectivity index (χ3v) is 3.95. The van der Waals surface area contributed by atoms with Crippen molar-refractivity contribution in [3.05, 3.63) is 56.2 Å². The minimum atomic E-state index is 0.710. The van der Waals surface area contributed by atoms with Crippen LogP contribution in [0.15, 0.2) is 30.3 Å². The SMILES string of the molecule is Cc1cc(C#N)ccc1CNCc1ccc(Cl)s1. The molecule has 0 aliphatic heterocycles. The van der Waals surface area contributed by atoms with E-state index >= 15 is 0 Å². The molecule has 0 amide bonds. The van der Waals surface area contributed by atoms with Crippen LogP contribution in [0.2, 0.25) is 4.34 Å². The van der Waals surface area contributed by atoms with Crippen molar-refractivity contribution < 1.29 is 0 Å². The van der Waals surface area contributed by atoms with E-state index in [1.165, 1.54) is 10.4 Å². The lowest BCUT2D eigenvalue weighted by Crippen LogP contribution is -2.12. The van der Waals surface area contributed by atoms with Gasteiger partial charge in [-0.25, -0.2) is 0 Å². The van der Waals surface area contributed by atoms with Gasteiger partial charge in [0.05, 0.1) is 16.0 Å². The number of aryl methyl sites for hydroxylation is 1. The van der Waals surface area contributed by atoms with Crippen LogP contribution in [0.5, 0.6) is 0 Å². The maximum absolute atomic E-state index is 8.80. The van der Waals surface area contributed by atoms with E-state index in [1.807, 2.05) is 37.3 Å². The van der Waals surface area contributed by atoms with E-state index in [4.69, 9.17) is 16.9 Å². The topological polar surface area (TPSA) is 35.8 Å². The smallest absolute Gasteiger partial charge is 0.0991 e. The highest BCUT2D eigenvalue weighted by molar-refractivity contribution is 7.16. The molecule has 4 heteroatoms. The molecule has 1 aromatic carbocycles. The zero-order valence-corrected chi connectivity index (χ0v) is 11.6. The lowest BCUT2D eigenvalue weighted by molar-refractivity contribution is 0.698. The molecule has 0 spiro atoms. The number of nitrogens with one attached hydrogen (secondary N) is 1. The van der Waals surface area contributed by atoms with Crippen molar-refractivity contribution in [1.29, 1.82) is 5.26 Å². The molecule has 0 fully saturated rings. The van der Waals surface area contributed by atoms with Crippen molar-refractivity contribution in [2.45, 2.75) is 20.0 Å². The van der Waals surface area contributed by atoms with Crippen molar-refractivity contribution in [2.75, 3.05) is 0 Å². The third kappa shape index (κ3) is 3.33. The Kier molecular flexibility index (Phi) is 4.38. The zero-order chi connectivity index (χ0) is 13.0. The van der Waals surface area contributed by atoms with E-state index in [-0.39, 0.29) is 0 Å². The van der Waals surface area contributed by atoms with Gasteiger partial charge in [0, 0.05) is 18.0 Å². The molecule has 0 aliphatic rings. The summed E-state index contributed by atoms with van der Waals surface area (Å²) in [6, 6.07) is 11.9. The first kappa shape index (κ1) is 13.1. The number of thiophene rings is 1. The summed E-state index contributed by atoms with van der Waals surface area (Å²) in [4.78, 5) is 1.23. The molecule has 0 aliphatic carbocycles. The van der Waals surface area contributed by atoms with Crippen molar-refractivity contribution in [3.8, 4) is 6.07 Å². The number of nitrogens with zero attached hydrogens (tertiary/aromatic N) is 1. The van der Waals surface area contributed by atoms with Crippen molar-refractivity contribution in [2.24, 2.45) is 0 Å². The van der Waals surface area contributed by atoms with Crippen molar-refractivity contribution in [3.63, 3.8) is 0 Å². The molecular weight excluding hydrogens is 264 g/mol. The molecule has 92 valence electrons. The summed E-state index contributed by atoms with van der Waals surface area (Å²) in [5, 5.41) is 12.2. The number of nitriles is 1. The van der Waals surface area contributed by atoms with Gasteiger partial charge in [0.15, 0.2) is 0 Å². The predicted molar refractivity (Wildman–Crippen MR) is 75.8 cm³/mol. The quantitative estimate of drug-likeness (QED) is 0.920. The number of hydrogen-bond donors (Lipinski definition) is 1. The lowest BCUT2D eigenvalue weighted by Gasteiger charge is -2.07. The Morgan fingerprint density at radius 1 is 1.28 bits per heavy atom. The van der Waals surface area contributed by atoms with Crippen LogP contribution in [0.4, 0.5) is 0 Å². The van der Waals surface area contributed by atoms with Crippen LogP contribution in [0.1, 0.15) is 21.6 Å². The predicted octanol–water partition coefficient (Wildman–Crippen LogP) is 3.87. The van der Waals surface area contributed by atoms with Gasteiger partial charge in [0.25, 0.3) is 0 Å². The second-order valence-electron chi connectivity index (χ2n) is 4.06. The molecule has 2 rings (SSSR count). The van der Waals surface area contributed by atoms with Crippen LogP contribution in [0.25, 0.3) is 0 Å². The fourth-order valence-corrected chi connectivity index (χ4v) is 2.79. The Bertz CT molecular complexity index is 584. The first-order chi connectivity index (χ1) is 8.69. The lowest BCUT2D eigenvalue weighted by atomic mass is 10.1. The van der Waals surface area contributed by atoms with Gasteiger partial charge in [-0.3, -0.25) is 0 Å². The number of benzene rings is 1. The van der Waals surface area contributed by atoms with Gasteiger partial charge in [-0.15, -0.1) is 11.3 Å². The van der Waals surface area contributed by atoms with E-state index in [0.717, 1.165) is 23.0 Å². The molecule has 18 heavy (non-hydrogen) atoms. The Balaban J connectivity index is 1.92. The Morgan fingerprint density at radius 2 is 2.11 bits per heavy atom. The Labute approximate surface area is 116 Å². The first-order valence-corrected chi connectivity index (χ1v) is 6.83. The van der Waals surface area contributed by atoms with Crippen molar-refractivity contribution in [1.82, 2.24) is 5.32 Å². The summed E-state index contributed by atoms with van der Waals surface area (Å²) in [7, 11) is 0. The van der Waals surface area contributed by atoms with E-state index in [9.17, 15) is 0 Å². The highest BCUT2D eigenvalue weighted by Crippen LogP contribution is 2.21. The van der Waals surface area contributed by atoms with Gasteiger partial charge in [-0.1, -0.05) is 17.7 Å². The van der Waals surface area contributed by atoms with E-state index in [2.05, 4.69) is 11.4 Å². The molecule has 0 radical (unpaired) electrons. The zero-order valence-electron chi connectivity index (χ0n) is 10.0. The maximum atomic E-state index is 8.80. The van der Waals surface area contributed by atoms with Crippen LogP contribution in [0.3, 0.4) is 0 Å². The summed E-state index contributed by atoms with van der Waals surface area (Å²) in [5.41, 5.74) is 3.07. The van der Waals surface area contributed by atoms with E-state index in [0.29, 0.717) is 5.56 Å². The molecule has 1 N–H and O–H groups in total. The van der Waals surface area contributed by atoms with Crippen LogP contribution < -0.4 is 5.32 Å². The highest BCUT2D eigenvalue weighted by atomic mass is 35.5. The minimum absolute atomic E-state index is 0.710. The molecular formula is C14H13ClN2S. The second-order valence-corrected chi connectivity index (χ2v) is 5.86. The molecule has 1 heterocycles. The van der Waals surface area contributed by atoms with Gasteiger partial charge >= 0.3 is 0 Å². The summed E-state index contributed by atoms with van der Waals surface area (Å²) < 4.78 is 0.821.